The molecule has 0 spiro atoms. The highest BCUT2D eigenvalue weighted by molar-refractivity contribution is 7.89. The van der Waals surface area contributed by atoms with Crippen molar-refractivity contribution in [2.45, 2.75) is 44.2 Å². The molecule has 0 saturated carbocycles. The van der Waals surface area contributed by atoms with Gasteiger partial charge in [-0.1, -0.05) is 26.8 Å². The molecular formula is C13H18F3NO2S. The second-order valence-corrected chi connectivity index (χ2v) is 6.54. The first-order valence-corrected chi connectivity index (χ1v) is 7.78. The summed E-state index contributed by atoms with van der Waals surface area (Å²) in [5, 5.41) is 0. The van der Waals surface area contributed by atoms with Crippen LogP contribution in [0.1, 0.15) is 44.2 Å². The first-order valence-electron chi connectivity index (χ1n) is 6.30. The molecule has 0 fully saturated rings. The van der Waals surface area contributed by atoms with Gasteiger partial charge in [0.1, 0.15) is 0 Å². The van der Waals surface area contributed by atoms with Crippen molar-refractivity contribution in [3.8, 4) is 0 Å². The van der Waals surface area contributed by atoms with Crippen molar-refractivity contribution in [3.05, 3.63) is 29.3 Å². The molecule has 7 heteroatoms. The smallest absolute Gasteiger partial charge is 0.211 e. The van der Waals surface area contributed by atoms with Crippen molar-refractivity contribution in [3.63, 3.8) is 0 Å². The number of sulfonamides is 1. The van der Waals surface area contributed by atoms with Gasteiger partial charge in [-0.25, -0.2) is 13.1 Å². The van der Waals surface area contributed by atoms with Gasteiger partial charge in [0.15, 0.2) is 0 Å². The topological polar surface area (TPSA) is 46.2 Å². The number of rotatable bonds is 5. The van der Waals surface area contributed by atoms with Gasteiger partial charge in [-0.05, 0) is 30.0 Å². The Morgan fingerprint density at radius 1 is 1.25 bits per heavy atom. The van der Waals surface area contributed by atoms with Crippen LogP contribution in [-0.4, -0.2) is 15.0 Å². The van der Waals surface area contributed by atoms with Gasteiger partial charge in [0, 0.05) is 6.54 Å². The van der Waals surface area contributed by atoms with Crippen LogP contribution in [0, 0.1) is 0 Å². The number of halogens is 3. The molecule has 0 unspecified atom stereocenters. The van der Waals surface area contributed by atoms with E-state index in [0.717, 1.165) is 12.1 Å². The van der Waals surface area contributed by atoms with Crippen molar-refractivity contribution in [1.29, 1.82) is 0 Å². The van der Waals surface area contributed by atoms with E-state index in [0.29, 0.717) is 12.0 Å². The summed E-state index contributed by atoms with van der Waals surface area (Å²) in [6.45, 7) is 5.33. The normalized spacial score (nSPS) is 12.9. The summed E-state index contributed by atoms with van der Waals surface area (Å²) in [7, 11) is -4.15. The van der Waals surface area contributed by atoms with E-state index < -0.39 is 26.7 Å². The Hall–Kier alpha value is -1.08. The quantitative estimate of drug-likeness (QED) is 0.904. The monoisotopic (exact) mass is 309 g/mol. The van der Waals surface area contributed by atoms with Crippen molar-refractivity contribution in [2.75, 3.05) is 6.54 Å². The van der Waals surface area contributed by atoms with E-state index in [1.165, 1.54) is 6.07 Å². The second-order valence-electron chi connectivity index (χ2n) is 4.81. The number of alkyl halides is 3. The molecule has 0 bridgehead atoms. The molecule has 0 atom stereocenters. The van der Waals surface area contributed by atoms with Gasteiger partial charge in [0.25, 0.3) is 0 Å². The van der Waals surface area contributed by atoms with E-state index in [1.807, 2.05) is 0 Å². The van der Waals surface area contributed by atoms with Gasteiger partial charge in [-0.3, -0.25) is 0 Å². The molecule has 1 N–H and O–H groups in total. The fourth-order valence-corrected chi connectivity index (χ4v) is 3.02. The van der Waals surface area contributed by atoms with E-state index in [1.54, 1.807) is 20.8 Å². The molecular weight excluding hydrogens is 291 g/mol. The highest BCUT2D eigenvalue weighted by Crippen LogP contribution is 2.36. The molecule has 1 aromatic carbocycles. The van der Waals surface area contributed by atoms with Crippen LogP contribution in [-0.2, 0) is 16.2 Å². The Balaban J connectivity index is 3.40. The molecule has 0 amide bonds. The lowest BCUT2D eigenvalue weighted by molar-refractivity contribution is -0.139. The predicted octanol–water partition coefficient (Wildman–Crippen LogP) is 3.52. The summed E-state index contributed by atoms with van der Waals surface area (Å²) in [6.07, 6.45) is -4.20. The largest absolute Gasteiger partial charge is 0.417 e. The van der Waals surface area contributed by atoms with Crippen molar-refractivity contribution in [1.82, 2.24) is 4.72 Å². The Kier molecular flexibility index (Phi) is 5.21. The number of hydrogen-bond donors (Lipinski definition) is 1. The van der Waals surface area contributed by atoms with E-state index in [9.17, 15) is 21.6 Å². The number of benzene rings is 1. The number of hydrogen-bond acceptors (Lipinski definition) is 2. The van der Waals surface area contributed by atoms with E-state index in [2.05, 4.69) is 4.72 Å². The Bertz CT molecular complexity index is 565. The first-order chi connectivity index (χ1) is 9.09. The molecule has 0 radical (unpaired) electrons. The second kappa shape index (κ2) is 6.13. The highest BCUT2D eigenvalue weighted by atomic mass is 32.2. The highest BCUT2D eigenvalue weighted by Gasteiger charge is 2.37. The maximum Gasteiger partial charge on any atom is 0.417 e. The van der Waals surface area contributed by atoms with Gasteiger partial charge in [0.05, 0.1) is 10.5 Å². The first kappa shape index (κ1) is 17.0. The third-order valence-electron chi connectivity index (χ3n) is 2.81. The Morgan fingerprint density at radius 2 is 1.85 bits per heavy atom. The van der Waals surface area contributed by atoms with Gasteiger partial charge >= 0.3 is 6.18 Å². The third-order valence-corrected chi connectivity index (χ3v) is 4.33. The van der Waals surface area contributed by atoms with Crippen molar-refractivity contribution >= 4 is 10.0 Å². The zero-order valence-corrected chi connectivity index (χ0v) is 12.4. The Labute approximate surface area is 117 Å². The van der Waals surface area contributed by atoms with Crippen LogP contribution in [0.2, 0.25) is 0 Å². The maximum absolute atomic E-state index is 13.1. The molecule has 0 aliphatic rings. The zero-order chi connectivity index (χ0) is 15.6. The van der Waals surface area contributed by atoms with Gasteiger partial charge in [0.2, 0.25) is 10.0 Å². The van der Waals surface area contributed by atoms with Crippen LogP contribution in [0.25, 0.3) is 0 Å². The number of nitrogens with one attached hydrogen (secondary N) is 1. The molecule has 1 aromatic rings. The van der Waals surface area contributed by atoms with Crippen molar-refractivity contribution < 1.29 is 21.6 Å². The average molecular weight is 309 g/mol. The van der Waals surface area contributed by atoms with E-state index >= 15 is 0 Å². The van der Waals surface area contributed by atoms with Crippen LogP contribution in [0.4, 0.5) is 13.2 Å². The zero-order valence-electron chi connectivity index (χ0n) is 11.6. The minimum Gasteiger partial charge on any atom is -0.211 e. The van der Waals surface area contributed by atoms with Gasteiger partial charge in [-0.2, -0.15) is 13.2 Å². The minimum atomic E-state index is -4.71. The summed E-state index contributed by atoms with van der Waals surface area (Å²) in [5.74, 6) is -0.114. The SMILES string of the molecule is CCCNS(=O)(=O)c1ccc(C(C)C)cc1C(F)(F)F. The minimum absolute atomic E-state index is 0.103. The van der Waals surface area contributed by atoms with Crippen LogP contribution >= 0.6 is 0 Å². The average Bonchev–Trinajstić information content (AvgIpc) is 2.34. The van der Waals surface area contributed by atoms with Crippen LogP contribution in [0.15, 0.2) is 23.1 Å². The molecule has 1 rings (SSSR count). The lowest BCUT2D eigenvalue weighted by Crippen LogP contribution is -2.27. The maximum atomic E-state index is 13.1. The summed E-state index contributed by atoms with van der Waals surface area (Å²) < 4.78 is 65.2. The fraction of sp³-hybridized carbons (Fsp3) is 0.538. The van der Waals surface area contributed by atoms with E-state index in [4.69, 9.17) is 0 Å². The lowest BCUT2D eigenvalue weighted by Gasteiger charge is -2.16. The molecule has 20 heavy (non-hydrogen) atoms. The fourth-order valence-electron chi connectivity index (χ4n) is 1.68. The van der Waals surface area contributed by atoms with Crippen LogP contribution < -0.4 is 4.72 Å². The molecule has 0 heterocycles. The molecule has 114 valence electrons. The van der Waals surface area contributed by atoms with E-state index in [-0.39, 0.29) is 12.5 Å². The summed E-state index contributed by atoms with van der Waals surface area (Å²) in [5.41, 5.74) is -0.668. The summed E-state index contributed by atoms with van der Waals surface area (Å²) >= 11 is 0. The van der Waals surface area contributed by atoms with Crippen molar-refractivity contribution in [2.24, 2.45) is 0 Å². The van der Waals surface area contributed by atoms with Gasteiger partial charge in [-0.15, -0.1) is 0 Å². The molecule has 0 aliphatic carbocycles. The standard InChI is InChI=1S/C13H18F3NO2S/c1-4-7-17-20(18,19)12-6-5-10(9(2)3)8-11(12)13(14,15)16/h5-6,8-9,17H,4,7H2,1-3H3. The lowest BCUT2D eigenvalue weighted by atomic mass is 10.0. The van der Waals surface area contributed by atoms with Crippen LogP contribution in [0.3, 0.4) is 0 Å². The summed E-state index contributed by atoms with van der Waals surface area (Å²) in [4.78, 5) is -0.720. The predicted molar refractivity (Wildman–Crippen MR) is 71.0 cm³/mol. The van der Waals surface area contributed by atoms with Crippen LogP contribution in [0.5, 0.6) is 0 Å². The Morgan fingerprint density at radius 3 is 2.30 bits per heavy atom. The summed E-state index contributed by atoms with van der Waals surface area (Å²) in [6, 6.07) is 3.35. The van der Waals surface area contributed by atoms with Gasteiger partial charge < -0.3 is 0 Å². The molecule has 0 saturated heterocycles. The molecule has 0 aliphatic heterocycles. The third kappa shape index (κ3) is 3.96. The molecule has 0 aromatic heterocycles. The molecule has 3 nitrogen and oxygen atoms in total.